The standard InChI is InChI=1S/C15H25N3O/c1-2-3-4-5-6-7-12-19-14-10-8-13(9-11-14)18-15(16)17/h8-11H,2-7,12H2,1H3,(H4,16,17,18). The first-order valence-corrected chi connectivity index (χ1v) is 7.05. The molecule has 0 amide bonds. The van der Waals surface area contributed by atoms with Crippen molar-refractivity contribution in [2.75, 3.05) is 6.61 Å². The Morgan fingerprint density at radius 1 is 1.00 bits per heavy atom. The molecule has 0 bridgehead atoms. The lowest BCUT2D eigenvalue weighted by Crippen LogP contribution is -2.21. The van der Waals surface area contributed by atoms with Gasteiger partial charge in [0, 0.05) is 0 Å². The predicted octanol–water partition coefficient (Wildman–Crippen LogP) is 3.33. The summed E-state index contributed by atoms with van der Waals surface area (Å²) in [5.74, 6) is 0.934. The van der Waals surface area contributed by atoms with Crippen LogP contribution in [0.4, 0.5) is 5.69 Å². The van der Waals surface area contributed by atoms with Crippen molar-refractivity contribution in [2.24, 2.45) is 16.5 Å². The molecule has 0 radical (unpaired) electrons. The molecule has 0 saturated carbocycles. The molecule has 0 unspecified atom stereocenters. The highest BCUT2D eigenvalue weighted by atomic mass is 16.5. The lowest BCUT2D eigenvalue weighted by molar-refractivity contribution is 0.304. The summed E-state index contributed by atoms with van der Waals surface area (Å²) in [6, 6.07) is 7.46. The molecular formula is C15H25N3O. The molecule has 0 atom stereocenters. The molecule has 0 fully saturated rings. The Hall–Kier alpha value is -1.71. The number of unbranched alkanes of at least 4 members (excludes halogenated alkanes) is 5. The largest absolute Gasteiger partial charge is 0.494 e. The van der Waals surface area contributed by atoms with E-state index in [0.717, 1.165) is 24.5 Å². The Labute approximate surface area is 115 Å². The van der Waals surface area contributed by atoms with Gasteiger partial charge in [0.15, 0.2) is 5.96 Å². The number of hydrogen-bond acceptors (Lipinski definition) is 2. The molecular weight excluding hydrogens is 238 g/mol. The summed E-state index contributed by atoms with van der Waals surface area (Å²) < 4.78 is 5.66. The Balaban J connectivity index is 2.18. The van der Waals surface area contributed by atoms with Gasteiger partial charge in [-0.15, -0.1) is 0 Å². The van der Waals surface area contributed by atoms with Crippen LogP contribution in [0.5, 0.6) is 5.75 Å². The van der Waals surface area contributed by atoms with Crippen LogP contribution in [-0.4, -0.2) is 12.6 Å². The van der Waals surface area contributed by atoms with Crippen molar-refractivity contribution in [1.82, 2.24) is 0 Å². The van der Waals surface area contributed by atoms with E-state index in [1.165, 1.54) is 32.1 Å². The second kappa shape index (κ2) is 9.25. The molecule has 0 aliphatic carbocycles. The molecule has 0 heterocycles. The first-order valence-electron chi connectivity index (χ1n) is 7.05. The molecule has 1 rings (SSSR count). The van der Waals surface area contributed by atoms with Crippen molar-refractivity contribution in [2.45, 2.75) is 45.4 Å². The summed E-state index contributed by atoms with van der Waals surface area (Å²) in [5, 5.41) is 0. The predicted molar refractivity (Wildman–Crippen MR) is 80.8 cm³/mol. The van der Waals surface area contributed by atoms with E-state index in [1.54, 1.807) is 0 Å². The molecule has 0 aliphatic rings. The van der Waals surface area contributed by atoms with Crippen molar-refractivity contribution in [3.8, 4) is 5.75 Å². The van der Waals surface area contributed by atoms with Crippen LogP contribution in [0.3, 0.4) is 0 Å². The molecule has 4 nitrogen and oxygen atoms in total. The van der Waals surface area contributed by atoms with E-state index in [1.807, 2.05) is 24.3 Å². The molecule has 106 valence electrons. The third-order valence-electron chi connectivity index (χ3n) is 2.86. The van der Waals surface area contributed by atoms with E-state index in [9.17, 15) is 0 Å². The minimum atomic E-state index is 0.0701. The second-order valence-corrected chi connectivity index (χ2v) is 4.65. The number of benzene rings is 1. The Bertz CT molecular complexity index is 369. The molecule has 19 heavy (non-hydrogen) atoms. The van der Waals surface area contributed by atoms with Crippen molar-refractivity contribution >= 4 is 11.6 Å². The second-order valence-electron chi connectivity index (χ2n) is 4.65. The van der Waals surface area contributed by atoms with Gasteiger partial charge in [0.1, 0.15) is 5.75 Å². The number of nitrogens with two attached hydrogens (primary N) is 2. The fraction of sp³-hybridized carbons (Fsp3) is 0.533. The third kappa shape index (κ3) is 7.34. The van der Waals surface area contributed by atoms with Crippen LogP contribution in [-0.2, 0) is 0 Å². The molecule has 0 saturated heterocycles. The number of rotatable bonds is 9. The summed E-state index contributed by atoms with van der Waals surface area (Å²) in [4.78, 5) is 3.96. The first kappa shape index (κ1) is 15.3. The van der Waals surface area contributed by atoms with Crippen LogP contribution < -0.4 is 16.2 Å². The zero-order valence-corrected chi connectivity index (χ0v) is 11.8. The van der Waals surface area contributed by atoms with Gasteiger partial charge in [0.2, 0.25) is 0 Å². The maximum atomic E-state index is 5.66. The van der Waals surface area contributed by atoms with Crippen LogP contribution in [0.15, 0.2) is 29.3 Å². The first-order chi connectivity index (χ1) is 9.22. The Kier molecular flexibility index (Phi) is 7.47. The molecule has 0 spiro atoms. The molecule has 4 N–H and O–H groups in total. The van der Waals surface area contributed by atoms with Gasteiger partial charge < -0.3 is 16.2 Å². The highest BCUT2D eigenvalue weighted by Gasteiger charge is 1.95. The fourth-order valence-corrected chi connectivity index (χ4v) is 1.84. The molecule has 4 heteroatoms. The van der Waals surface area contributed by atoms with Crippen molar-refractivity contribution < 1.29 is 4.74 Å². The minimum Gasteiger partial charge on any atom is -0.494 e. The summed E-state index contributed by atoms with van der Waals surface area (Å²) in [6.45, 7) is 3.00. The third-order valence-corrected chi connectivity index (χ3v) is 2.86. The van der Waals surface area contributed by atoms with Gasteiger partial charge in [-0.05, 0) is 30.7 Å². The monoisotopic (exact) mass is 263 g/mol. The van der Waals surface area contributed by atoms with Crippen molar-refractivity contribution in [1.29, 1.82) is 0 Å². The van der Waals surface area contributed by atoms with E-state index in [-0.39, 0.29) is 5.96 Å². The van der Waals surface area contributed by atoms with E-state index in [4.69, 9.17) is 16.2 Å². The smallest absolute Gasteiger partial charge is 0.191 e. The quantitative estimate of drug-likeness (QED) is 0.408. The maximum Gasteiger partial charge on any atom is 0.191 e. The van der Waals surface area contributed by atoms with E-state index >= 15 is 0 Å². The highest BCUT2D eigenvalue weighted by molar-refractivity contribution is 5.78. The highest BCUT2D eigenvalue weighted by Crippen LogP contribution is 2.18. The number of hydrogen-bond donors (Lipinski definition) is 2. The number of aliphatic imine (C=N–C) groups is 1. The molecule has 1 aromatic rings. The van der Waals surface area contributed by atoms with Crippen LogP contribution in [0, 0.1) is 0 Å². The minimum absolute atomic E-state index is 0.0701. The van der Waals surface area contributed by atoms with Crippen LogP contribution in [0.25, 0.3) is 0 Å². The van der Waals surface area contributed by atoms with Gasteiger partial charge in [-0.25, -0.2) is 4.99 Å². The van der Waals surface area contributed by atoms with Gasteiger partial charge in [0.05, 0.1) is 12.3 Å². The zero-order chi connectivity index (χ0) is 13.9. The Morgan fingerprint density at radius 2 is 1.63 bits per heavy atom. The van der Waals surface area contributed by atoms with E-state index in [0.29, 0.717) is 0 Å². The summed E-state index contributed by atoms with van der Waals surface area (Å²) >= 11 is 0. The average molecular weight is 263 g/mol. The van der Waals surface area contributed by atoms with E-state index < -0.39 is 0 Å². The SMILES string of the molecule is CCCCCCCCOc1ccc(N=C(N)N)cc1. The summed E-state index contributed by atoms with van der Waals surface area (Å²) in [6.07, 6.45) is 7.63. The van der Waals surface area contributed by atoms with Gasteiger partial charge in [-0.2, -0.15) is 0 Å². The number of ether oxygens (including phenoxy) is 1. The Morgan fingerprint density at radius 3 is 2.26 bits per heavy atom. The van der Waals surface area contributed by atoms with Gasteiger partial charge in [-0.1, -0.05) is 39.0 Å². The van der Waals surface area contributed by atoms with Crippen molar-refractivity contribution in [3.05, 3.63) is 24.3 Å². The van der Waals surface area contributed by atoms with Crippen molar-refractivity contribution in [3.63, 3.8) is 0 Å². The van der Waals surface area contributed by atoms with Crippen LogP contribution in [0.2, 0.25) is 0 Å². The molecule has 0 aromatic heterocycles. The van der Waals surface area contributed by atoms with Gasteiger partial charge >= 0.3 is 0 Å². The normalized spacial score (nSPS) is 10.2. The number of guanidine groups is 1. The lowest BCUT2D eigenvalue weighted by atomic mass is 10.1. The fourth-order valence-electron chi connectivity index (χ4n) is 1.84. The van der Waals surface area contributed by atoms with Crippen LogP contribution in [0.1, 0.15) is 45.4 Å². The molecule has 1 aromatic carbocycles. The van der Waals surface area contributed by atoms with Gasteiger partial charge in [0.25, 0.3) is 0 Å². The average Bonchev–Trinajstić information content (AvgIpc) is 2.39. The maximum absolute atomic E-state index is 5.66. The topological polar surface area (TPSA) is 73.6 Å². The van der Waals surface area contributed by atoms with E-state index in [2.05, 4.69) is 11.9 Å². The number of nitrogens with zero attached hydrogens (tertiary/aromatic N) is 1. The zero-order valence-electron chi connectivity index (χ0n) is 11.8. The molecule has 0 aliphatic heterocycles. The summed E-state index contributed by atoms with van der Waals surface area (Å²) in [7, 11) is 0. The summed E-state index contributed by atoms with van der Waals surface area (Å²) in [5.41, 5.74) is 11.4. The lowest BCUT2D eigenvalue weighted by Gasteiger charge is -2.06. The van der Waals surface area contributed by atoms with Gasteiger partial charge in [-0.3, -0.25) is 0 Å². The van der Waals surface area contributed by atoms with Crippen LogP contribution >= 0.6 is 0 Å².